The van der Waals surface area contributed by atoms with E-state index in [-0.39, 0.29) is 5.97 Å². The van der Waals surface area contributed by atoms with Gasteiger partial charge in [0.05, 0.1) is 0 Å². The molecule has 0 atom stereocenters. The van der Waals surface area contributed by atoms with E-state index in [0.29, 0.717) is 11.5 Å². The maximum absolute atomic E-state index is 11.3. The Kier molecular flexibility index (Phi) is 2.76. The van der Waals surface area contributed by atoms with Gasteiger partial charge in [0.1, 0.15) is 0 Å². The second kappa shape index (κ2) is 4.42. The summed E-state index contributed by atoms with van der Waals surface area (Å²) in [5.41, 5.74) is 0. The van der Waals surface area contributed by atoms with E-state index in [2.05, 4.69) is 24.3 Å². The highest BCUT2D eigenvalue weighted by Gasteiger charge is 2.08. The van der Waals surface area contributed by atoms with Gasteiger partial charge in [-0.3, -0.25) is 4.79 Å². The van der Waals surface area contributed by atoms with Crippen molar-refractivity contribution < 1.29 is 9.53 Å². The van der Waals surface area contributed by atoms with Crippen molar-refractivity contribution in [3.05, 3.63) is 42.5 Å². The zero-order valence-electron chi connectivity index (χ0n) is 9.97. The number of thiophene rings is 1. The highest BCUT2D eigenvalue weighted by molar-refractivity contribution is 7.21. The average molecular weight is 256 g/mol. The third kappa shape index (κ3) is 1.87. The molecule has 0 saturated carbocycles. The largest absolute Gasteiger partial charge is 0.415 e. The minimum Gasteiger partial charge on any atom is -0.415 e. The normalized spacial score (nSPS) is 10.9. The number of carbonyl (C=O) groups excluding carboxylic acids is 1. The van der Waals surface area contributed by atoms with Gasteiger partial charge in [0, 0.05) is 22.6 Å². The molecule has 3 heteroatoms. The van der Waals surface area contributed by atoms with Gasteiger partial charge in [-0.15, -0.1) is 0 Å². The van der Waals surface area contributed by atoms with Gasteiger partial charge < -0.3 is 4.74 Å². The third-order valence-corrected chi connectivity index (χ3v) is 3.88. The Hall–Kier alpha value is -1.87. The van der Waals surface area contributed by atoms with Crippen LogP contribution in [0.1, 0.15) is 13.3 Å². The monoisotopic (exact) mass is 256 g/mol. The predicted molar refractivity (Wildman–Crippen MR) is 75.3 cm³/mol. The molecule has 0 unspecified atom stereocenters. The maximum Gasteiger partial charge on any atom is 0.311 e. The Bertz CT molecular complexity index is 728. The van der Waals surface area contributed by atoms with Crippen molar-refractivity contribution >= 4 is 38.2 Å². The summed E-state index contributed by atoms with van der Waals surface area (Å²) in [5, 5.41) is 4.23. The molecule has 0 spiro atoms. The molecular formula is C15H12O2S. The van der Waals surface area contributed by atoms with E-state index in [4.69, 9.17) is 4.74 Å². The molecular weight excluding hydrogens is 244 g/mol. The van der Waals surface area contributed by atoms with Crippen molar-refractivity contribution in [2.75, 3.05) is 0 Å². The van der Waals surface area contributed by atoms with Crippen molar-refractivity contribution in [2.24, 2.45) is 0 Å². The second-order valence-corrected chi connectivity index (χ2v) is 5.14. The molecule has 0 amide bonds. The number of esters is 1. The molecule has 0 N–H and O–H groups in total. The first-order chi connectivity index (χ1) is 8.78. The molecule has 1 heterocycles. The topological polar surface area (TPSA) is 26.3 Å². The maximum atomic E-state index is 11.3. The SMILES string of the molecule is CCC(=O)Oc1cc2c(ccc3ccccc32)s1. The number of ether oxygens (including phenoxy) is 1. The van der Waals surface area contributed by atoms with E-state index in [9.17, 15) is 4.79 Å². The minimum atomic E-state index is -0.189. The van der Waals surface area contributed by atoms with Crippen LogP contribution < -0.4 is 4.74 Å². The summed E-state index contributed by atoms with van der Waals surface area (Å²) in [4.78, 5) is 11.3. The highest BCUT2D eigenvalue weighted by atomic mass is 32.1. The van der Waals surface area contributed by atoms with Gasteiger partial charge in [0.25, 0.3) is 0 Å². The summed E-state index contributed by atoms with van der Waals surface area (Å²) in [6.07, 6.45) is 0.398. The summed E-state index contributed by atoms with van der Waals surface area (Å²) >= 11 is 1.51. The van der Waals surface area contributed by atoms with Gasteiger partial charge in [-0.25, -0.2) is 0 Å². The Labute approximate surface area is 109 Å². The predicted octanol–water partition coefficient (Wildman–Crippen LogP) is 4.37. The quantitative estimate of drug-likeness (QED) is 0.636. The lowest BCUT2D eigenvalue weighted by Gasteiger charge is -1.97. The lowest BCUT2D eigenvalue weighted by Crippen LogP contribution is -2.03. The molecule has 2 aromatic carbocycles. The first kappa shape index (κ1) is 11.2. The molecule has 2 nitrogen and oxygen atoms in total. The Morgan fingerprint density at radius 1 is 1.17 bits per heavy atom. The first-order valence-corrected chi connectivity index (χ1v) is 6.71. The zero-order chi connectivity index (χ0) is 12.5. The fourth-order valence-corrected chi connectivity index (χ4v) is 2.95. The van der Waals surface area contributed by atoms with E-state index in [0.717, 1.165) is 10.1 Å². The van der Waals surface area contributed by atoms with E-state index < -0.39 is 0 Å². The Morgan fingerprint density at radius 2 is 2.00 bits per heavy atom. The van der Waals surface area contributed by atoms with E-state index in [1.165, 1.54) is 22.1 Å². The first-order valence-electron chi connectivity index (χ1n) is 5.90. The lowest BCUT2D eigenvalue weighted by atomic mass is 10.1. The smallest absolute Gasteiger partial charge is 0.311 e. The van der Waals surface area contributed by atoms with Crippen molar-refractivity contribution in [2.45, 2.75) is 13.3 Å². The van der Waals surface area contributed by atoms with Gasteiger partial charge >= 0.3 is 5.97 Å². The van der Waals surface area contributed by atoms with Crippen LogP contribution in [-0.2, 0) is 4.79 Å². The number of hydrogen-bond donors (Lipinski definition) is 0. The van der Waals surface area contributed by atoms with Crippen LogP contribution in [-0.4, -0.2) is 5.97 Å². The van der Waals surface area contributed by atoms with Crippen LogP contribution in [0.25, 0.3) is 20.9 Å². The van der Waals surface area contributed by atoms with Crippen LogP contribution >= 0.6 is 11.3 Å². The van der Waals surface area contributed by atoms with Gasteiger partial charge in [-0.05, 0) is 16.8 Å². The Morgan fingerprint density at radius 3 is 2.83 bits per heavy atom. The molecule has 0 bridgehead atoms. The van der Waals surface area contributed by atoms with Crippen LogP contribution in [0.15, 0.2) is 42.5 Å². The van der Waals surface area contributed by atoms with E-state index in [1.807, 2.05) is 18.2 Å². The van der Waals surface area contributed by atoms with Crippen molar-refractivity contribution in [3.8, 4) is 5.06 Å². The summed E-state index contributed by atoms with van der Waals surface area (Å²) in [6.45, 7) is 1.80. The molecule has 0 aliphatic carbocycles. The number of carbonyl (C=O) groups is 1. The molecule has 0 fully saturated rings. The van der Waals surface area contributed by atoms with Crippen LogP contribution in [0.5, 0.6) is 5.06 Å². The minimum absolute atomic E-state index is 0.189. The number of rotatable bonds is 2. The van der Waals surface area contributed by atoms with E-state index >= 15 is 0 Å². The van der Waals surface area contributed by atoms with Gasteiger partial charge in [0.2, 0.25) is 0 Å². The van der Waals surface area contributed by atoms with Gasteiger partial charge in [0.15, 0.2) is 5.06 Å². The standard InChI is InChI=1S/C15H12O2S/c1-2-14(16)17-15-9-12-11-6-4-3-5-10(11)7-8-13(12)18-15/h3-9H,2H2,1H3. The zero-order valence-corrected chi connectivity index (χ0v) is 10.8. The van der Waals surface area contributed by atoms with Crippen LogP contribution in [0.2, 0.25) is 0 Å². The molecule has 3 aromatic rings. The fraction of sp³-hybridized carbons (Fsp3) is 0.133. The lowest BCUT2D eigenvalue weighted by molar-refractivity contribution is -0.133. The summed E-state index contributed by atoms with van der Waals surface area (Å²) in [6, 6.07) is 14.4. The summed E-state index contributed by atoms with van der Waals surface area (Å²) < 4.78 is 6.42. The summed E-state index contributed by atoms with van der Waals surface area (Å²) in [5.74, 6) is -0.189. The van der Waals surface area contributed by atoms with Gasteiger partial charge in [-0.1, -0.05) is 48.6 Å². The molecule has 0 aliphatic rings. The van der Waals surface area contributed by atoms with Crippen molar-refractivity contribution in [1.29, 1.82) is 0 Å². The second-order valence-electron chi connectivity index (χ2n) is 4.09. The third-order valence-electron chi connectivity index (χ3n) is 2.91. The number of benzene rings is 2. The molecule has 90 valence electrons. The highest BCUT2D eigenvalue weighted by Crippen LogP contribution is 2.36. The van der Waals surface area contributed by atoms with Crippen molar-refractivity contribution in [1.82, 2.24) is 0 Å². The molecule has 0 aliphatic heterocycles. The van der Waals surface area contributed by atoms with E-state index in [1.54, 1.807) is 6.92 Å². The van der Waals surface area contributed by atoms with Crippen LogP contribution in [0.3, 0.4) is 0 Å². The van der Waals surface area contributed by atoms with Crippen LogP contribution in [0, 0.1) is 0 Å². The van der Waals surface area contributed by atoms with Crippen LogP contribution in [0.4, 0.5) is 0 Å². The Balaban J connectivity index is 2.16. The number of hydrogen-bond acceptors (Lipinski definition) is 3. The van der Waals surface area contributed by atoms with Gasteiger partial charge in [-0.2, -0.15) is 0 Å². The average Bonchev–Trinajstić information content (AvgIpc) is 2.81. The molecule has 3 rings (SSSR count). The fourth-order valence-electron chi connectivity index (χ4n) is 2.00. The number of fused-ring (bicyclic) bond motifs is 3. The van der Waals surface area contributed by atoms with Crippen molar-refractivity contribution in [3.63, 3.8) is 0 Å². The molecule has 18 heavy (non-hydrogen) atoms. The molecule has 1 aromatic heterocycles. The molecule has 0 saturated heterocycles. The summed E-state index contributed by atoms with van der Waals surface area (Å²) in [7, 11) is 0. The molecule has 0 radical (unpaired) electrons.